The Labute approximate surface area is 196 Å². The minimum atomic E-state index is -0.263. The quantitative estimate of drug-likeness (QED) is 0.696. The molecule has 1 fully saturated rings. The van der Waals surface area contributed by atoms with E-state index < -0.39 is 0 Å². The van der Waals surface area contributed by atoms with Crippen molar-refractivity contribution in [2.45, 2.75) is 24.9 Å². The summed E-state index contributed by atoms with van der Waals surface area (Å²) in [6.45, 7) is 3.38. The Morgan fingerprint density at radius 3 is 2.42 bits per heavy atom. The van der Waals surface area contributed by atoms with Crippen LogP contribution in [0, 0.1) is 5.92 Å². The van der Waals surface area contributed by atoms with Crippen molar-refractivity contribution >= 4 is 5.91 Å². The molecule has 0 unspecified atom stereocenters. The number of carbonyl (C=O) groups excluding carboxylic acids is 1. The molecule has 1 saturated heterocycles. The molecule has 4 rings (SSSR count). The molecule has 2 aromatic carbocycles. The van der Waals surface area contributed by atoms with E-state index in [1.807, 2.05) is 30.3 Å². The van der Waals surface area contributed by atoms with Gasteiger partial charge >= 0.3 is 0 Å². The fourth-order valence-electron chi connectivity index (χ4n) is 5.46. The monoisotopic (exact) mass is 453 g/mol. The Kier molecular flexibility index (Phi) is 6.81. The van der Waals surface area contributed by atoms with Crippen LogP contribution in [0.2, 0.25) is 0 Å². The first kappa shape index (κ1) is 23.4. The zero-order valence-electron chi connectivity index (χ0n) is 20.3. The van der Waals surface area contributed by atoms with E-state index in [1.54, 1.807) is 21.3 Å². The number of amides is 1. The van der Waals surface area contributed by atoms with E-state index in [0.717, 1.165) is 55.7 Å². The molecule has 0 radical (unpaired) electrons. The van der Waals surface area contributed by atoms with Crippen LogP contribution in [0.4, 0.5) is 0 Å². The van der Waals surface area contributed by atoms with E-state index in [0.29, 0.717) is 23.2 Å². The standard InChI is InChI=1S/C26H35N3O4/c1-28(2)15-20-16-29(14-18-12-22(31-3)24(33-5)23(13-18)32-4)17-26(20)11-10-19-8-6-7-9-21(19)25(30)27-26/h6-9,12-13,20H,10-11,14-17H2,1-5H3,(H,27,30)/t20-,26-/m1/s1. The number of methoxy groups -OCH3 is 3. The molecule has 1 N–H and O–H groups in total. The smallest absolute Gasteiger partial charge is 0.252 e. The van der Waals surface area contributed by atoms with Gasteiger partial charge < -0.3 is 24.4 Å². The molecule has 0 bridgehead atoms. The van der Waals surface area contributed by atoms with Crippen molar-refractivity contribution in [3.05, 3.63) is 53.1 Å². The van der Waals surface area contributed by atoms with E-state index in [9.17, 15) is 4.79 Å². The molecule has 1 spiro atoms. The largest absolute Gasteiger partial charge is 0.493 e. The molecule has 178 valence electrons. The van der Waals surface area contributed by atoms with Crippen LogP contribution in [0.5, 0.6) is 17.2 Å². The molecular formula is C26H35N3O4. The number of carbonyl (C=O) groups is 1. The molecule has 2 aliphatic heterocycles. The van der Waals surface area contributed by atoms with Gasteiger partial charge in [0.05, 0.1) is 26.9 Å². The van der Waals surface area contributed by atoms with Gasteiger partial charge in [0, 0.05) is 37.7 Å². The number of likely N-dealkylation sites (tertiary alicyclic amines) is 1. The summed E-state index contributed by atoms with van der Waals surface area (Å²) in [5, 5.41) is 3.47. The number of hydrogen-bond acceptors (Lipinski definition) is 6. The summed E-state index contributed by atoms with van der Waals surface area (Å²) >= 11 is 0. The van der Waals surface area contributed by atoms with Gasteiger partial charge in [0.15, 0.2) is 11.5 Å². The van der Waals surface area contributed by atoms with E-state index in [2.05, 4.69) is 35.3 Å². The lowest BCUT2D eigenvalue weighted by molar-refractivity contribution is 0.0868. The van der Waals surface area contributed by atoms with Gasteiger partial charge in [-0.2, -0.15) is 0 Å². The van der Waals surface area contributed by atoms with Crippen molar-refractivity contribution in [3.8, 4) is 17.2 Å². The minimum absolute atomic E-state index is 0.0430. The van der Waals surface area contributed by atoms with Crippen molar-refractivity contribution in [1.29, 1.82) is 0 Å². The van der Waals surface area contributed by atoms with Gasteiger partial charge in [0.25, 0.3) is 5.91 Å². The topological polar surface area (TPSA) is 63.3 Å². The molecule has 2 heterocycles. The van der Waals surface area contributed by atoms with Crippen molar-refractivity contribution in [1.82, 2.24) is 15.1 Å². The van der Waals surface area contributed by atoms with Crippen LogP contribution in [-0.4, -0.2) is 76.3 Å². The Bertz CT molecular complexity index is 984. The van der Waals surface area contributed by atoms with E-state index in [-0.39, 0.29) is 11.4 Å². The summed E-state index contributed by atoms with van der Waals surface area (Å²) in [5.74, 6) is 2.28. The SMILES string of the molecule is COc1cc(CN2C[C@@H](CN(C)C)[C@@]3(CCc4ccccc4C(=O)N3)C2)cc(OC)c1OC. The lowest BCUT2D eigenvalue weighted by atomic mass is 9.82. The third kappa shape index (κ3) is 4.66. The lowest BCUT2D eigenvalue weighted by Gasteiger charge is -2.36. The Morgan fingerprint density at radius 2 is 1.79 bits per heavy atom. The highest BCUT2D eigenvalue weighted by atomic mass is 16.5. The van der Waals surface area contributed by atoms with Gasteiger partial charge in [-0.25, -0.2) is 0 Å². The highest BCUT2D eigenvalue weighted by molar-refractivity contribution is 5.96. The van der Waals surface area contributed by atoms with Crippen LogP contribution in [0.15, 0.2) is 36.4 Å². The molecule has 7 nitrogen and oxygen atoms in total. The summed E-state index contributed by atoms with van der Waals surface area (Å²) in [6, 6.07) is 12.0. The first-order valence-corrected chi connectivity index (χ1v) is 11.5. The second kappa shape index (κ2) is 9.61. The maximum absolute atomic E-state index is 13.2. The Balaban J connectivity index is 1.61. The fraction of sp³-hybridized carbons (Fsp3) is 0.500. The average molecular weight is 454 g/mol. The summed E-state index contributed by atoms with van der Waals surface area (Å²) in [6.07, 6.45) is 1.83. The zero-order chi connectivity index (χ0) is 23.6. The molecule has 2 atom stereocenters. The lowest BCUT2D eigenvalue weighted by Crippen LogP contribution is -2.55. The van der Waals surface area contributed by atoms with Crippen LogP contribution >= 0.6 is 0 Å². The molecule has 7 heteroatoms. The Hall–Kier alpha value is -2.77. The highest BCUT2D eigenvalue weighted by Gasteiger charge is 2.48. The van der Waals surface area contributed by atoms with Crippen LogP contribution < -0.4 is 19.5 Å². The normalized spacial score (nSPS) is 22.7. The number of benzene rings is 2. The number of fused-ring (bicyclic) bond motifs is 1. The van der Waals surface area contributed by atoms with E-state index in [1.165, 1.54) is 0 Å². The van der Waals surface area contributed by atoms with Crippen LogP contribution in [0.3, 0.4) is 0 Å². The van der Waals surface area contributed by atoms with Gasteiger partial charge in [0.1, 0.15) is 0 Å². The number of nitrogens with one attached hydrogen (secondary N) is 1. The molecular weight excluding hydrogens is 418 g/mol. The summed E-state index contributed by atoms with van der Waals surface area (Å²) in [4.78, 5) is 17.9. The van der Waals surface area contributed by atoms with Gasteiger partial charge in [-0.15, -0.1) is 0 Å². The van der Waals surface area contributed by atoms with Crippen molar-refractivity contribution in [2.75, 3.05) is 55.1 Å². The first-order chi connectivity index (χ1) is 15.9. The van der Waals surface area contributed by atoms with Crippen LogP contribution in [-0.2, 0) is 13.0 Å². The van der Waals surface area contributed by atoms with Crippen molar-refractivity contribution in [2.24, 2.45) is 5.92 Å². The predicted molar refractivity (Wildman–Crippen MR) is 128 cm³/mol. The van der Waals surface area contributed by atoms with Crippen LogP contribution in [0.1, 0.15) is 27.9 Å². The van der Waals surface area contributed by atoms with E-state index in [4.69, 9.17) is 14.2 Å². The van der Waals surface area contributed by atoms with Gasteiger partial charge in [-0.05, 0) is 56.3 Å². The number of rotatable bonds is 7. The highest BCUT2D eigenvalue weighted by Crippen LogP contribution is 2.40. The van der Waals surface area contributed by atoms with Gasteiger partial charge in [0.2, 0.25) is 5.75 Å². The Morgan fingerprint density at radius 1 is 1.09 bits per heavy atom. The molecule has 2 aromatic rings. The second-order valence-corrected chi connectivity index (χ2v) is 9.43. The molecule has 0 aliphatic carbocycles. The summed E-state index contributed by atoms with van der Waals surface area (Å²) in [7, 11) is 9.09. The maximum atomic E-state index is 13.2. The second-order valence-electron chi connectivity index (χ2n) is 9.43. The van der Waals surface area contributed by atoms with Gasteiger partial charge in [-0.1, -0.05) is 18.2 Å². The fourth-order valence-corrected chi connectivity index (χ4v) is 5.46. The van der Waals surface area contributed by atoms with E-state index >= 15 is 0 Å². The molecule has 1 amide bonds. The molecule has 33 heavy (non-hydrogen) atoms. The third-order valence-corrected chi connectivity index (χ3v) is 6.95. The minimum Gasteiger partial charge on any atom is -0.493 e. The van der Waals surface area contributed by atoms with Crippen molar-refractivity contribution in [3.63, 3.8) is 0 Å². The summed E-state index contributed by atoms with van der Waals surface area (Å²) < 4.78 is 16.6. The zero-order valence-corrected chi connectivity index (χ0v) is 20.3. The first-order valence-electron chi connectivity index (χ1n) is 11.5. The number of nitrogens with zero attached hydrogens (tertiary/aromatic N) is 2. The number of ether oxygens (including phenoxy) is 3. The van der Waals surface area contributed by atoms with Gasteiger partial charge in [-0.3, -0.25) is 9.69 Å². The molecule has 0 saturated carbocycles. The number of aryl methyl sites for hydroxylation is 1. The number of hydrogen-bond donors (Lipinski definition) is 1. The predicted octanol–water partition coefficient (Wildman–Crippen LogP) is 2.82. The maximum Gasteiger partial charge on any atom is 0.252 e. The molecule has 0 aromatic heterocycles. The van der Waals surface area contributed by atoms with Crippen molar-refractivity contribution < 1.29 is 19.0 Å². The molecule has 2 aliphatic rings. The van der Waals surface area contributed by atoms with Crippen LogP contribution in [0.25, 0.3) is 0 Å². The average Bonchev–Trinajstić information content (AvgIpc) is 3.03. The third-order valence-electron chi connectivity index (χ3n) is 6.95. The summed E-state index contributed by atoms with van der Waals surface area (Å²) in [5.41, 5.74) is 2.77.